The van der Waals surface area contributed by atoms with Crippen LogP contribution in [0, 0.1) is 0 Å². The van der Waals surface area contributed by atoms with E-state index in [1.165, 1.54) is 13.0 Å². The average molecular weight is 248 g/mol. The first-order valence-corrected chi connectivity index (χ1v) is 5.94. The van der Waals surface area contributed by atoms with E-state index in [9.17, 15) is 14.7 Å². The zero-order valence-electron chi connectivity index (χ0n) is 10.3. The van der Waals surface area contributed by atoms with E-state index < -0.39 is 0 Å². The van der Waals surface area contributed by atoms with Crippen molar-refractivity contribution in [2.75, 3.05) is 26.2 Å². The van der Waals surface area contributed by atoms with Gasteiger partial charge in [0.1, 0.15) is 5.75 Å². The normalized spacial score (nSPS) is 15.5. The molecule has 0 saturated carbocycles. The van der Waals surface area contributed by atoms with Gasteiger partial charge in [-0.1, -0.05) is 6.07 Å². The zero-order valence-corrected chi connectivity index (χ0v) is 10.3. The van der Waals surface area contributed by atoms with Crippen molar-refractivity contribution in [3.63, 3.8) is 0 Å². The number of phenolic OH excluding ortho intramolecular Hbond substituents is 1. The van der Waals surface area contributed by atoms with E-state index in [-0.39, 0.29) is 28.6 Å². The molecule has 1 heterocycles. The van der Waals surface area contributed by atoms with Crippen molar-refractivity contribution in [1.82, 2.24) is 10.2 Å². The molecule has 0 atom stereocenters. The van der Waals surface area contributed by atoms with Gasteiger partial charge >= 0.3 is 0 Å². The number of amides is 1. The molecule has 18 heavy (non-hydrogen) atoms. The zero-order chi connectivity index (χ0) is 13.1. The van der Waals surface area contributed by atoms with Crippen LogP contribution in [0.4, 0.5) is 0 Å². The third-order valence-electron chi connectivity index (χ3n) is 3.05. The summed E-state index contributed by atoms with van der Waals surface area (Å²) in [7, 11) is 0. The number of nitrogens with one attached hydrogen (secondary N) is 1. The van der Waals surface area contributed by atoms with Crippen LogP contribution in [-0.4, -0.2) is 47.9 Å². The lowest BCUT2D eigenvalue weighted by atomic mass is 10.0. The first kappa shape index (κ1) is 12.6. The molecule has 0 radical (unpaired) electrons. The molecule has 1 amide bonds. The Kier molecular flexibility index (Phi) is 3.62. The van der Waals surface area contributed by atoms with Gasteiger partial charge in [0.15, 0.2) is 5.78 Å². The van der Waals surface area contributed by atoms with Gasteiger partial charge in [-0.2, -0.15) is 0 Å². The van der Waals surface area contributed by atoms with Crippen LogP contribution in [0.2, 0.25) is 0 Å². The monoisotopic (exact) mass is 248 g/mol. The fraction of sp³-hybridized carbons (Fsp3) is 0.385. The summed E-state index contributed by atoms with van der Waals surface area (Å²) >= 11 is 0. The fourth-order valence-electron chi connectivity index (χ4n) is 2.04. The summed E-state index contributed by atoms with van der Waals surface area (Å²) in [6.45, 7) is 4.09. The number of carbonyl (C=O) groups excluding carboxylic acids is 2. The van der Waals surface area contributed by atoms with Gasteiger partial charge in [-0.3, -0.25) is 9.59 Å². The molecule has 1 saturated heterocycles. The molecular formula is C13H16N2O3. The fourth-order valence-corrected chi connectivity index (χ4v) is 2.04. The Hall–Kier alpha value is -1.88. The SMILES string of the molecule is CC(=O)c1cccc(C(=O)N2CCNCC2)c1O. The Labute approximate surface area is 105 Å². The van der Waals surface area contributed by atoms with Crippen LogP contribution in [0.3, 0.4) is 0 Å². The van der Waals surface area contributed by atoms with E-state index in [0.29, 0.717) is 13.1 Å². The molecule has 2 rings (SSSR count). The molecule has 2 N–H and O–H groups in total. The molecule has 0 aromatic heterocycles. The quantitative estimate of drug-likeness (QED) is 0.754. The predicted molar refractivity (Wildman–Crippen MR) is 66.9 cm³/mol. The van der Waals surface area contributed by atoms with Crippen LogP contribution >= 0.6 is 0 Å². The summed E-state index contributed by atoms with van der Waals surface area (Å²) in [4.78, 5) is 25.2. The second-order valence-corrected chi connectivity index (χ2v) is 4.30. The Morgan fingerprint density at radius 2 is 1.83 bits per heavy atom. The van der Waals surface area contributed by atoms with Crippen LogP contribution in [0.25, 0.3) is 0 Å². The Bertz CT molecular complexity index is 479. The van der Waals surface area contributed by atoms with Gasteiger partial charge in [0.2, 0.25) is 0 Å². The van der Waals surface area contributed by atoms with E-state index in [2.05, 4.69) is 5.32 Å². The maximum absolute atomic E-state index is 12.2. The molecule has 1 aliphatic heterocycles. The van der Waals surface area contributed by atoms with Crippen molar-refractivity contribution < 1.29 is 14.7 Å². The maximum Gasteiger partial charge on any atom is 0.257 e. The minimum Gasteiger partial charge on any atom is -0.506 e. The minimum absolute atomic E-state index is 0.191. The maximum atomic E-state index is 12.2. The highest BCUT2D eigenvalue weighted by Gasteiger charge is 2.22. The number of carbonyl (C=O) groups is 2. The Morgan fingerprint density at radius 1 is 1.22 bits per heavy atom. The molecule has 5 heteroatoms. The number of para-hydroxylation sites is 1. The van der Waals surface area contributed by atoms with E-state index in [4.69, 9.17) is 0 Å². The number of rotatable bonds is 2. The second kappa shape index (κ2) is 5.18. The summed E-state index contributed by atoms with van der Waals surface area (Å²) < 4.78 is 0. The highest BCUT2D eigenvalue weighted by Crippen LogP contribution is 2.24. The van der Waals surface area contributed by atoms with Gasteiger partial charge in [-0.25, -0.2) is 0 Å². The average Bonchev–Trinajstić information content (AvgIpc) is 2.39. The molecular weight excluding hydrogens is 232 g/mol. The lowest BCUT2D eigenvalue weighted by Gasteiger charge is -2.27. The first-order valence-electron chi connectivity index (χ1n) is 5.94. The number of piperazine rings is 1. The van der Waals surface area contributed by atoms with Crippen LogP contribution in [0.15, 0.2) is 18.2 Å². The predicted octanol–water partition coefficient (Wildman–Crippen LogP) is 0.640. The topological polar surface area (TPSA) is 69.6 Å². The standard InChI is InChI=1S/C13H16N2O3/c1-9(16)10-3-2-4-11(12(10)17)13(18)15-7-5-14-6-8-15/h2-4,14,17H,5-8H2,1H3. The molecule has 5 nitrogen and oxygen atoms in total. The number of ketones is 1. The molecule has 0 bridgehead atoms. The van der Waals surface area contributed by atoms with Crippen molar-refractivity contribution in [2.24, 2.45) is 0 Å². The molecule has 0 spiro atoms. The van der Waals surface area contributed by atoms with Crippen LogP contribution in [-0.2, 0) is 0 Å². The van der Waals surface area contributed by atoms with Gasteiger partial charge in [-0.15, -0.1) is 0 Å². The lowest BCUT2D eigenvalue weighted by molar-refractivity contribution is 0.0732. The van der Waals surface area contributed by atoms with Gasteiger partial charge in [0.25, 0.3) is 5.91 Å². The van der Waals surface area contributed by atoms with Gasteiger partial charge in [-0.05, 0) is 19.1 Å². The number of aromatic hydroxyl groups is 1. The molecule has 1 fully saturated rings. The van der Waals surface area contributed by atoms with Crippen molar-refractivity contribution in [3.05, 3.63) is 29.3 Å². The summed E-state index contributed by atoms with van der Waals surface area (Å²) in [5.41, 5.74) is 0.389. The van der Waals surface area contributed by atoms with E-state index >= 15 is 0 Å². The van der Waals surface area contributed by atoms with Gasteiger partial charge in [0, 0.05) is 26.2 Å². The highest BCUT2D eigenvalue weighted by molar-refractivity contribution is 6.03. The Balaban J connectivity index is 2.30. The third kappa shape index (κ3) is 2.36. The van der Waals surface area contributed by atoms with Crippen molar-refractivity contribution in [3.8, 4) is 5.75 Å². The highest BCUT2D eigenvalue weighted by atomic mass is 16.3. The summed E-state index contributed by atoms with van der Waals surface area (Å²) in [5.74, 6) is -0.687. The molecule has 1 aliphatic rings. The smallest absolute Gasteiger partial charge is 0.257 e. The summed E-state index contributed by atoms with van der Waals surface area (Å²) in [6, 6.07) is 4.68. The summed E-state index contributed by atoms with van der Waals surface area (Å²) in [6.07, 6.45) is 0. The van der Waals surface area contributed by atoms with Crippen molar-refractivity contribution in [2.45, 2.75) is 6.92 Å². The molecule has 1 aromatic rings. The number of hydrogen-bond acceptors (Lipinski definition) is 4. The molecule has 96 valence electrons. The van der Waals surface area contributed by atoms with E-state index in [0.717, 1.165) is 13.1 Å². The van der Waals surface area contributed by atoms with Crippen LogP contribution in [0.5, 0.6) is 5.75 Å². The number of nitrogens with zero attached hydrogens (tertiary/aromatic N) is 1. The second-order valence-electron chi connectivity index (χ2n) is 4.30. The number of benzene rings is 1. The van der Waals surface area contributed by atoms with Crippen molar-refractivity contribution in [1.29, 1.82) is 0 Å². The number of hydrogen-bond donors (Lipinski definition) is 2. The molecule has 0 unspecified atom stereocenters. The molecule has 1 aromatic carbocycles. The summed E-state index contributed by atoms with van der Waals surface area (Å²) in [5, 5.41) is 13.1. The first-order chi connectivity index (χ1) is 8.61. The van der Waals surface area contributed by atoms with Crippen LogP contribution in [0.1, 0.15) is 27.6 Å². The van der Waals surface area contributed by atoms with E-state index in [1.54, 1.807) is 17.0 Å². The largest absolute Gasteiger partial charge is 0.506 e. The third-order valence-corrected chi connectivity index (χ3v) is 3.05. The van der Waals surface area contributed by atoms with Crippen LogP contribution < -0.4 is 5.32 Å². The van der Waals surface area contributed by atoms with Crippen molar-refractivity contribution >= 4 is 11.7 Å². The Morgan fingerprint density at radius 3 is 2.44 bits per heavy atom. The lowest BCUT2D eigenvalue weighted by Crippen LogP contribution is -2.46. The molecule has 0 aliphatic carbocycles. The van der Waals surface area contributed by atoms with Gasteiger partial charge < -0.3 is 15.3 Å². The number of Topliss-reactive ketones (excluding diaryl/α,β-unsaturated/α-hetero) is 1. The van der Waals surface area contributed by atoms with E-state index in [1.807, 2.05) is 0 Å². The van der Waals surface area contributed by atoms with Gasteiger partial charge in [0.05, 0.1) is 11.1 Å². The minimum atomic E-state index is -0.248. The number of phenols is 1.